The molecule has 2 aromatic heterocycles. The van der Waals surface area contributed by atoms with Gasteiger partial charge < -0.3 is 5.11 Å². The van der Waals surface area contributed by atoms with Crippen molar-refractivity contribution in [1.29, 1.82) is 0 Å². The summed E-state index contributed by atoms with van der Waals surface area (Å²) in [5.41, 5.74) is 0.483. The lowest BCUT2D eigenvalue weighted by molar-refractivity contribution is -0.136. The van der Waals surface area contributed by atoms with E-state index in [0.717, 1.165) is 0 Å². The van der Waals surface area contributed by atoms with Crippen LogP contribution in [0.25, 0.3) is 21.0 Å². The van der Waals surface area contributed by atoms with Crippen LogP contribution < -0.4 is 5.56 Å². The number of hydrogen-bond acceptors (Lipinski definition) is 5. The normalized spacial score (nSPS) is 11.3. The maximum atomic E-state index is 13.6. The van der Waals surface area contributed by atoms with E-state index >= 15 is 0 Å². The second-order valence-electron chi connectivity index (χ2n) is 5.87. The number of aliphatic carboxylic acids is 1. The Balaban J connectivity index is 1.83. The maximum Gasteiger partial charge on any atom is 0.309 e. The first-order chi connectivity index (χ1) is 12.9. The summed E-state index contributed by atoms with van der Waals surface area (Å²) in [5, 5.41) is 14.8. The van der Waals surface area contributed by atoms with Crippen LogP contribution in [0.5, 0.6) is 0 Å². The van der Waals surface area contributed by atoms with E-state index in [4.69, 9.17) is 16.7 Å². The molecule has 0 atom stereocenters. The number of rotatable bonds is 4. The van der Waals surface area contributed by atoms with E-state index in [9.17, 15) is 14.0 Å². The Labute approximate surface area is 160 Å². The monoisotopic (exact) mass is 403 g/mol. The Morgan fingerprint density at radius 2 is 2.00 bits per heavy atom. The van der Waals surface area contributed by atoms with Crippen molar-refractivity contribution in [3.63, 3.8) is 0 Å². The summed E-state index contributed by atoms with van der Waals surface area (Å²) < 4.78 is 15.4. The highest BCUT2D eigenvalue weighted by Gasteiger charge is 2.15. The smallest absolute Gasteiger partial charge is 0.309 e. The van der Waals surface area contributed by atoms with Gasteiger partial charge in [0.1, 0.15) is 10.8 Å². The van der Waals surface area contributed by atoms with Gasteiger partial charge in [0.2, 0.25) is 0 Å². The van der Waals surface area contributed by atoms with Gasteiger partial charge in [0.15, 0.2) is 0 Å². The number of fused-ring (bicyclic) bond motifs is 2. The van der Waals surface area contributed by atoms with Gasteiger partial charge in [-0.25, -0.2) is 14.1 Å². The van der Waals surface area contributed by atoms with Crippen LogP contribution in [0.3, 0.4) is 0 Å². The number of hydrogen-bond donors (Lipinski definition) is 1. The Hall–Kier alpha value is -2.84. The van der Waals surface area contributed by atoms with Gasteiger partial charge in [-0.2, -0.15) is 5.10 Å². The maximum absolute atomic E-state index is 13.6. The van der Waals surface area contributed by atoms with E-state index in [-0.39, 0.29) is 23.5 Å². The predicted molar refractivity (Wildman–Crippen MR) is 101 cm³/mol. The van der Waals surface area contributed by atoms with Gasteiger partial charge in [-0.15, -0.1) is 11.3 Å². The molecule has 0 saturated carbocycles. The zero-order chi connectivity index (χ0) is 19.1. The number of carboxylic acids is 1. The van der Waals surface area contributed by atoms with Crippen molar-refractivity contribution in [1.82, 2.24) is 14.8 Å². The van der Waals surface area contributed by atoms with Crippen molar-refractivity contribution in [2.24, 2.45) is 0 Å². The van der Waals surface area contributed by atoms with Crippen LogP contribution in [0.1, 0.15) is 10.7 Å². The number of thiazole rings is 1. The van der Waals surface area contributed by atoms with Gasteiger partial charge in [0, 0.05) is 5.39 Å². The molecule has 0 amide bonds. The Bertz CT molecular complexity index is 1230. The van der Waals surface area contributed by atoms with Crippen molar-refractivity contribution >= 4 is 49.9 Å². The topological polar surface area (TPSA) is 85.1 Å². The number of carbonyl (C=O) groups is 1. The highest BCUT2D eigenvalue weighted by Crippen LogP contribution is 2.27. The van der Waals surface area contributed by atoms with E-state index in [1.807, 2.05) is 0 Å². The largest absolute Gasteiger partial charge is 0.481 e. The van der Waals surface area contributed by atoms with Crippen molar-refractivity contribution in [2.75, 3.05) is 0 Å². The molecule has 4 rings (SSSR count). The Kier molecular flexibility index (Phi) is 4.37. The van der Waals surface area contributed by atoms with Crippen LogP contribution in [0.4, 0.5) is 4.39 Å². The summed E-state index contributed by atoms with van der Waals surface area (Å²) in [4.78, 5) is 28.3. The van der Waals surface area contributed by atoms with E-state index < -0.39 is 11.8 Å². The molecule has 2 heterocycles. The first kappa shape index (κ1) is 17.6. The van der Waals surface area contributed by atoms with E-state index in [2.05, 4.69) is 10.1 Å². The van der Waals surface area contributed by atoms with Crippen LogP contribution in [0.2, 0.25) is 5.02 Å². The van der Waals surface area contributed by atoms with Gasteiger partial charge in [-0.1, -0.05) is 29.8 Å². The molecule has 0 spiro atoms. The van der Waals surface area contributed by atoms with Crippen LogP contribution in [-0.4, -0.2) is 25.8 Å². The number of nitrogens with zero attached hydrogens (tertiary/aromatic N) is 3. The van der Waals surface area contributed by atoms with Crippen LogP contribution in [0.15, 0.2) is 41.2 Å². The van der Waals surface area contributed by atoms with Gasteiger partial charge in [-0.05, 0) is 18.2 Å². The zero-order valence-electron chi connectivity index (χ0n) is 13.6. The van der Waals surface area contributed by atoms with Crippen molar-refractivity contribution in [3.05, 3.63) is 68.3 Å². The SMILES string of the molecule is O=C(O)Cc1nn(Cc2nc3cc(Cl)c(F)cc3s2)c(=O)c2ccccc12. The van der Waals surface area contributed by atoms with Crippen LogP contribution >= 0.6 is 22.9 Å². The summed E-state index contributed by atoms with van der Waals surface area (Å²) in [6.45, 7) is 0.0505. The molecule has 0 fully saturated rings. The van der Waals surface area contributed by atoms with E-state index in [1.165, 1.54) is 28.2 Å². The number of benzene rings is 2. The van der Waals surface area contributed by atoms with Gasteiger partial charge >= 0.3 is 5.97 Å². The Morgan fingerprint density at radius 3 is 2.74 bits per heavy atom. The quantitative estimate of drug-likeness (QED) is 0.564. The number of carboxylic acid groups (broad SMARTS) is 1. The lowest BCUT2D eigenvalue weighted by Crippen LogP contribution is -2.26. The molecule has 0 saturated heterocycles. The first-order valence-electron chi connectivity index (χ1n) is 7.87. The molecule has 0 bridgehead atoms. The molecule has 4 aromatic rings. The average Bonchev–Trinajstić information content (AvgIpc) is 3.00. The molecule has 9 heteroatoms. The molecular weight excluding hydrogens is 393 g/mol. The molecule has 0 aliphatic heterocycles. The lowest BCUT2D eigenvalue weighted by Gasteiger charge is -2.08. The summed E-state index contributed by atoms with van der Waals surface area (Å²) in [6, 6.07) is 9.47. The fourth-order valence-electron chi connectivity index (χ4n) is 2.85. The van der Waals surface area contributed by atoms with Crippen LogP contribution in [0, 0.1) is 5.82 Å². The molecule has 6 nitrogen and oxygen atoms in total. The average molecular weight is 404 g/mol. The molecule has 27 heavy (non-hydrogen) atoms. The lowest BCUT2D eigenvalue weighted by atomic mass is 10.1. The van der Waals surface area contributed by atoms with Crippen molar-refractivity contribution in [3.8, 4) is 0 Å². The molecule has 0 radical (unpaired) electrons. The standard InChI is InChI=1S/C18H11ClFN3O3S/c19-11-5-14-15(6-12(11)20)27-16(21-14)8-23-18(26)10-4-2-1-3-9(10)13(22-23)7-17(24)25/h1-6H,7-8H2,(H,24,25). The highest BCUT2D eigenvalue weighted by atomic mass is 35.5. The van der Waals surface area contributed by atoms with Crippen LogP contribution in [-0.2, 0) is 17.8 Å². The summed E-state index contributed by atoms with van der Waals surface area (Å²) >= 11 is 7.01. The van der Waals surface area contributed by atoms with Crippen molar-refractivity contribution < 1.29 is 14.3 Å². The van der Waals surface area contributed by atoms with Gasteiger partial charge in [-0.3, -0.25) is 9.59 Å². The van der Waals surface area contributed by atoms with Gasteiger partial charge in [0.05, 0.1) is 39.3 Å². The summed E-state index contributed by atoms with van der Waals surface area (Å²) in [7, 11) is 0. The van der Waals surface area contributed by atoms with Gasteiger partial charge in [0.25, 0.3) is 5.56 Å². The zero-order valence-corrected chi connectivity index (χ0v) is 15.2. The van der Waals surface area contributed by atoms with E-state index in [0.29, 0.717) is 31.7 Å². The minimum Gasteiger partial charge on any atom is -0.481 e. The fraction of sp³-hybridized carbons (Fsp3) is 0.111. The predicted octanol–water partition coefficient (Wildman–Crippen LogP) is 3.47. The molecule has 136 valence electrons. The molecule has 1 N–H and O–H groups in total. The first-order valence-corrected chi connectivity index (χ1v) is 9.07. The summed E-state index contributed by atoms with van der Waals surface area (Å²) in [6.07, 6.45) is -0.304. The minimum atomic E-state index is -1.04. The highest BCUT2D eigenvalue weighted by molar-refractivity contribution is 7.18. The molecule has 2 aromatic carbocycles. The second kappa shape index (κ2) is 6.71. The number of aromatic nitrogens is 3. The third-order valence-electron chi connectivity index (χ3n) is 4.02. The molecular formula is C18H11ClFN3O3S. The van der Waals surface area contributed by atoms with E-state index in [1.54, 1.807) is 24.3 Å². The fourth-order valence-corrected chi connectivity index (χ4v) is 3.97. The Morgan fingerprint density at radius 1 is 1.26 bits per heavy atom. The molecule has 0 aliphatic rings. The minimum absolute atomic E-state index is 0.0240. The second-order valence-corrected chi connectivity index (χ2v) is 7.39. The third-order valence-corrected chi connectivity index (χ3v) is 5.32. The molecule has 0 aliphatic carbocycles. The third kappa shape index (κ3) is 3.29. The number of halogens is 2. The summed E-state index contributed by atoms with van der Waals surface area (Å²) in [5.74, 6) is -1.58. The molecule has 0 unspecified atom stereocenters. The van der Waals surface area contributed by atoms with Crippen molar-refractivity contribution in [2.45, 2.75) is 13.0 Å².